The van der Waals surface area contributed by atoms with Gasteiger partial charge in [0.25, 0.3) is 0 Å². The highest BCUT2D eigenvalue weighted by Crippen LogP contribution is 2.33. The molecule has 0 bridgehead atoms. The minimum Gasteiger partial charge on any atom is -0.379 e. The Morgan fingerprint density at radius 1 is 1.14 bits per heavy atom. The Balaban J connectivity index is 1.62. The lowest BCUT2D eigenvalue weighted by Crippen LogP contribution is -2.50. The van der Waals surface area contributed by atoms with Gasteiger partial charge in [-0.05, 0) is 12.0 Å². The van der Waals surface area contributed by atoms with Gasteiger partial charge in [-0.1, -0.05) is 37.3 Å². The normalized spacial score (nSPS) is 27.1. The van der Waals surface area contributed by atoms with Crippen LogP contribution in [0.2, 0.25) is 0 Å². The van der Waals surface area contributed by atoms with Crippen LogP contribution in [-0.2, 0) is 14.9 Å². The minimum atomic E-state index is 0.0835. The molecular weight excluding hydrogens is 276 g/mol. The van der Waals surface area contributed by atoms with Crippen molar-refractivity contribution in [1.29, 1.82) is 0 Å². The van der Waals surface area contributed by atoms with Crippen LogP contribution >= 0.6 is 0 Å². The van der Waals surface area contributed by atoms with Crippen molar-refractivity contribution in [3.63, 3.8) is 0 Å². The number of morpholine rings is 1. The second-order valence-corrected chi connectivity index (χ2v) is 6.70. The van der Waals surface area contributed by atoms with Crippen molar-refractivity contribution in [3.05, 3.63) is 35.9 Å². The predicted octanol–water partition coefficient (Wildman–Crippen LogP) is 1.90. The molecule has 1 aromatic carbocycles. The highest BCUT2D eigenvalue weighted by atomic mass is 16.5. The minimum absolute atomic E-state index is 0.0835. The van der Waals surface area contributed by atoms with Gasteiger partial charge in [-0.3, -0.25) is 9.69 Å². The van der Waals surface area contributed by atoms with Gasteiger partial charge in [0.05, 0.1) is 13.2 Å². The summed E-state index contributed by atoms with van der Waals surface area (Å²) in [6.45, 7) is 8.51. The van der Waals surface area contributed by atoms with E-state index >= 15 is 0 Å². The van der Waals surface area contributed by atoms with Crippen molar-refractivity contribution < 1.29 is 9.53 Å². The molecule has 0 N–H and O–H groups in total. The van der Waals surface area contributed by atoms with Crippen LogP contribution < -0.4 is 0 Å². The average molecular weight is 302 g/mol. The third-order valence-corrected chi connectivity index (χ3v) is 5.04. The van der Waals surface area contributed by atoms with Crippen LogP contribution in [0.25, 0.3) is 0 Å². The molecule has 1 amide bonds. The molecule has 0 aromatic heterocycles. The van der Waals surface area contributed by atoms with Crippen molar-refractivity contribution in [3.8, 4) is 0 Å². The zero-order chi connectivity index (χ0) is 15.4. The molecule has 120 valence electrons. The summed E-state index contributed by atoms with van der Waals surface area (Å²) < 4.78 is 5.38. The van der Waals surface area contributed by atoms with Gasteiger partial charge in [0.15, 0.2) is 0 Å². The third-order valence-electron chi connectivity index (χ3n) is 5.04. The molecular formula is C18H26N2O2. The van der Waals surface area contributed by atoms with Crippen LogP contribution in [0.1, 0.15) is 25.3 Å². The number of hydrogen-bond acceptors (Lipinski definition) is 3. The molecule has 4 heteroatoms. The summed E-state index contributed by atoms with van der Waals surface area (Å²) in [5.74, 6) is 0.307. The fourth-order valence-electron chi connectivity index (χ4n) is 3.50. The molecule has 3 rings (SSSR count). The molecule has 1 aromatic rings. The van der Waals surface area contributed by atoms with Crippen LogP contribution in [0.4, 0.5) is 0 Å². The van der Waals surface area contributed by atoms with E-state index in [2.05, 4.69) is 47.1 Å². The number of hydrogen-bond donors (Lipinski definition) is 0. The second-order valence-electron chi connectivity index (χ2n) is 6.70. The summed E-state index contributed by atoms with van der Waals surface area (Å²) in [7, 11) is 0. The van der Waals surface area contributed by atoms with E-state index in [4.69, 9.17) is 4.74 Å². The summed E-state index contributed by atoms with van der Waals surface area (Å²) in [6, 6.07) is 10.6. The summed E-state index contributed by atoms with van der Waals surface area (Å²) in [6.07, 6.45) is 1.61. The Morgan fingerprint density at radius 2 is 1.86 bits per heavy atom. The summed E-state index contributed by atoms with van der Waals surface area (Å²) in [4.78, 5) is 16.7. The van der Waals surface area contributed by atoms with Gasteiger partial charge in [0.2, 0.25) is 5.91 Å². The Hall–Kier alpha value is -1.39. The lowest BCUT2D eigenvalue weighted by Gasteiger charge is -2.41. The number of carbonyl (C=O) groups excluding carboxylic acids is 1. The Labute approximate surface area is 133 Å². The lowest BCUT2D eigenvalue weighted by molar-refractivity contribution is -0.135. The molecule has 0 unspecified atom stereocenters. The van der Waals surface area contributed by atoms with E-state index in [1.807, 2.05) is 0 Å². The summed E-state index contributed by atoms with van der Waals surface area (Å²) in [5.41, 5.74) is 1.43. The topological polar surface area (TPSA) is 32.8 Å². The van der Waals surface area contributed by atoms with Crippen LogP contribution in [0.3, 0.4) is 0 Å². The monoisotopic (exact) mass is 302 g/mol. The predicted molar refractivity (Wildman–Crippen MR) is 86.9 cm³/mol. The van der Waals surface area contributed by atoms with E-state index in [0.29, 0.717) is 12.3 Å². The maximum atomic E-state index is 12.3. The van der Waals surface area contributed by atoms with Crippen LogP contribution in [0, 0.1) is 0 Å². The lowest BCUT2D eigenvalue weighted by atomic mass is 9.76. The van der Waals surface area contributed by atoms with Gasteiger partial charge in [0, 0.05) is 44.6 Å². The molecule has 0 spiro atoms. The SMILES string of the molecule is C[C@]1(c2ccccc2)CCC(=O)N(CCN2CCOCC2)C1. The van der Waals surface area contributed by atoms with E-state index in [1.54, 1.807) is 0 Å². The zero-order valence-electron chi connectivity index (χ0n) is 13.5. The number of benzene rings is 1. The number of amides is 1. The van der Waals surface area contributed by atoms with E-state index in [0.717, 1.165) is 52.4 Å². The molecule has 2 fully saturated rings. The van der Waals surface area contributed by atoms with Crippen molar-refractivity contribution in [2.45, 2.75) is 25.2 Å². The van der Waals surface area contributed by atoms with Crippen LogP contribution in [0.5, 0.6) is 0 Å². The molecule has 0 aliphatic carbocycles. The largest absolute Gasteiger partial charge is 0.379 e. The van der Waals surface area contributed by atoms with Crippen molar-refractivity contribution >= 4 is 5.91 Å². The van der Waals surface area contributed by atoms with Crippen LogP contribution in [0.15, 0.2) is 30.3 Å². The number of rotatable bonds is 4. The van der Waals surface area contributed by atoms with Gasteiger partial charge in [-0.25, -0.2) is 0 Å². The zero-order valence-corrected chi connectivity index (χ0v) is 13.5. The summed E-state index contributed by atoms with van der Waals surface area (Å²) >= 11 is 0. The van der Waals surface area contributed by atoms with E-state index in [-0.39, 0.29) is 5.41 Å². The Kier molecular flexibility index (Phi) is 4.79. The molecule has 1 atom stereocenters. The maximum absolute atomic E-state index is 12.3. The highest BCUT2D eigenvalue weighted by molar-refractivity contribution is 5.77. The number of piperidine rings is 1. The molecule has 2 heterocycles. The first-order valence-electron chi connectivity index (χ1n) is 8.31. The number of carbonyl (C=O) groups is 1. The van der Waals surface area contributed by atoms with Gasteiger partial charge in [-0.15, -0.1) is 0 Å². The smallest absolute Gasteiger partial charge is 0.222 e. The molecule has 0 radical (unpaired) electrons. The molecule has 2 aliphatic heterocycles. The van der Waals surface area contributed by atoms with Crippen molar-refractivity contribution in [1.82, 2.24) is 9.80 Å². The number of ether oxygens (including phenoxy) is 1. The first-order chi connectivity index (χ1) is 10.7. The van der Waals surface area contributed by atoms with Crippen LogP contribution in [-0.4, -0.2) is 61.6 Å². The highest BCUT2D eigenvalue weighted by Gasteiger charge is 2.36. The Morgan fingerprint density at radius 3 is 2.59 bits per heavy atom. The van der Waals surface area contributed by atoms with E-state index in [9.17, 15) is 4.79 Å². The maximum Gasteiger partial charge on any atom is 0.222 e. The second kappa shape index (κ2) is 6.80. The summed E-state index contributed by atoms with van der Waals surface area (Å²) in [5, 5.41) is 0. The number of nitrogens with zero attached hydrogens (tertiary/aromatic N) is 2. The molecule has 2 saturated heterocycles. The van der Waals surface area contributed by atoms with Gasteiger partial charge < -0.3 is 9.64 Å². The number of likely N-dealkylation sites (tertiary alicyclic amines) is 1. The molecule has 0 saturated carbocycles. The first kappa shape index (κ1) is 15.5. The van der Waals surface area contributed by atoms with Gasteiger partial charge >= 0.3 is 0 Å². The van der Waals surface area contributed by atoms with Gasteiger partial charge in [-0.2, -0.15) is 0 Å². The van der Waals surface area contributed by atoms with E-state index in [1.165, 1.54) is 5.56 Å². The average Bonchev–Trinajstić information content (AvgIpc) is 2.58. The quantitative estimate of drug-likeness (QED) is 0.851. The first-order valence-corrected chi connectivity index (χ1v) is 8.31. The standard InChI is InChI=1S/C18H26N2O2/c1-18(16-5-3-2-4-6-16)8-7-17(21)20(15-18)10-9-19-11-13-22-14-12-19/h2-6H,7-15H2,1H3/t18-/m0/s1. The molecule has 4 nitrogen and oxygen atoms in total. The van der Waals surface area contributed by atoms with Gasteiger partial charge in [0.1, 0.15) is 0 Å². The van der Waals surface area contributed by atoms with Crippen molar-refractivity contribution in [2.75, 3.05) is 45.9 Å². The fourth-order valence-corrected chi connectivity index (χ4v) is 3.50. The Bertz CT molecular complexity index is 499. The van der Waals surface area contributed by atoms with Crippen molar-refractivity contribution in [2.24, 2.45) is 0 Å². The molecule has 2 aliphatic rings. The van der Waals surface area contributed by atoms with E-state index < -0.39 is 0 Å². The fraction of sp³-hybridized carbons (Fsp3) is 0.611. The molecule has 22 heavy (non-hydrogen) atoms. The third kappa shape index (κ3) is 3.50.